The van der Waals surface area contributed by atoms with Gasteiger partial charge in [0.2, 0.25) is 0 Å². The Kier molecular flexibility index (Phi) is 6.29. The highest BCUT2D eigenvalue weighted by atomic mass is 35.5. The lowest BCUT2D eigenvalue weighted by atomic mass is 10.0. The van der Waals surface area contributed by atoms with Crippen LogP contribution in [0, 0.1) is 0 Å². The monoisotopic (exact) mass is 372 g/mol. The lowest BCUT2D eigenvalue weighted by Gasteiger charge is -2.19. The highest BCUT2D eigenvalue weighted by Crippen LogP contribution is 2.32. The summed E-state index contributed by atoms with van der Waals surface area (Å²) in [5.74, 6) is 0.515. The molecule has 0 fully saturated rings. The van der Waals surface area contributed by atoms with Gasteiger partial charge in [-0.2, -0.15) is 0 Å². The number of nitrogens with zero attached hydrogens (tertiary/aromatic N) is 1. The molecule has 1 unspecified atom stereocenters. The molecule has 25 heavy (non-hydrogen) atoms. The van der Waals surface area contributed by atoms with Gasteiger partial charge in [0.15, 0.2) is 5.75 Å². The molecule has 0 saturated heterocycles. The molecule has 2 aromatic carbocycles. The van der Waals surface area contributed by atoms with Gasteiger partial charge in [-0.15, -0.1) is 0 Å². The first kappa shape index (κ1) is 17.7. The Balaban J connectivity index is 1.66. The van der Waals surface area contributed by atoms with Gasteiger partial charge < -0.3 is 10.1 Å². The highest BCUT2D eigenvalue weighted by Gasteiger charge is 2.14. The van der Waals surface area contributed by atoms with Gasteiger partial charge in [0.1, 0.15) is 6.61 Å². The summed E-state index contributed by atoms with van der Waals surface area (Å²) in [6.45, 7) is 1.07. The largest absolute Gasteiger partial charge is 0.489 e. The Morgan fingerprint density at radius 3 is 2.28 bits per heavy atom. The fraction of sp³-hybridized carbons (Fsp3) is 0.150. The van der Waals surface area contributed by atoms with E-state index in [2.05, 4.69) is 22.4 Å². The zero-order chi connectivity index (χ0) is 17.5. The van der Waals surface area contributed by atoms with Crippen molar-refractivity contribution in [3.8, 4) is 5.75 Å². The smallest absolute Gasteiger partial charge is 0.156 e. The molecule has 0 amide bonds. The molecular formula is C20H18Cl2N2O. The molecule has 0 aliphatic rings. The van der Waals surface area contributed by atoms with Crippen LogP contribution in [0.5, 0.6) is 5.75 Å². The first-order chi connectivity index (χ1) is 12.3. The maximum Gasteiger partial charge on any atom is 0.156 e. The molecule has 128 valence electrons. The second-order valence-corrected chi connectivity index (χ2v) is 6.27. The maximum atomic E-state index is 6.12. The molecule has 1 N–H and O–H groups in total. The van der Waals surface area contributed by atoms with Gasteiger partial charge in [0, 0.05) is 12.7 Å². The van der Waals surface area contributed by atoms with Gasteiger partial charge in [0.25, 0.3) is 0 Å². The van der Waals surface area contributed by atoms with Crippen LogP contribution in [0.2, 0.25) is 10.0 Å². The zero-order valence-electron chi connectivity index (χ0n) is 13.5. The minimum atomic E-state index is -0.00674. The third-order valence-electron chi connectivity index (χ3n) is 3.73. The lowest BCUT2D eigenvalue weighted by Crippen LogP contribution is -2.27. The number of pyridine rings is 1. The third-order valence-corrected chi connectivity index (χ3v) is 4.33. The standard InChI is InChI=1S/C20H18Cl2N2O/c21-16-9-6-10-17(22)20(16)25-14-13-24-19(15-7-2-1-3-8-15)18-11-4-5-12-23-18/h1-12,19,24H,13-14H2. The van der Waals surface area contributed by atoms with Crippen LogP contribution in [0.15, 0.2) is 72.9 Å². The van der Waals surface area contributed by atoms with Crippen molar-refractivity contribution in [2.24, 2.45) is 0 Å². The van der Waals surface area contributed by atoms with Gasteiger partial charge in [0.05, 0.1) is 21.8 Å². The van der Waals surface area contributed by atoms with Crippen LogP contribution in [0.1, 0.15) is 17.3 Å². The molecule has 0 saturated carbocycles. The Labute approximate surface area is 157 Å². The van der Waals surface area contributed by atoms with E-state index in [1.807, 2.05) is 36.4 Å². The summed E-state index contributed by atoms with van der Waals surface area (Å²) in [6, 6.07) is 21.4. The van der Waals surface area contributed by atoms with E-state index in [0.717, 1.165) is 11.3 Å². The Morgan fingerprint density at radius 2 is 1.60 bits per heavy atom. The van der Waals surface area contributed by atoms with Gasteiger partial charge in [-0.05, 0) is 29.8 Å². The van der Waals surface area contributed by atoms with Gasteiger partial charge in [-0.1, -0.05) is 65.7 Å². The summed E-state index contributed by atoms with van der Waals surface area (Å²) in [5, 5.41) is 4.51. The first-order valence-corrected chi connectivity index (χ1v) is 8.77. The van der Waals surface area contributed by atoms with E-state index >= 15 is 0 Å². The van der Waals surface area contributed by atoms with Crippen LogP contribution in [0.25, 0.3) is 0 Å². The quantitative estimate of drug-likeness (QED) is 0.582. The molecule has 3 rings (SSSR count). The molecule has 5 heteroatoms. The van der Waals surface area contributed by atoms with E-state index in [-0.39, 0.29) is 6.04 Å². The summed E-state index contributed by atoms with van der Waals surface area (Å²) < 4.78 is 5.74. The number of halogens is 2. The van der Waals surface area contributed by atoms with Gasteiger partial charge >= 0.3 is 0 Å². The van der Waals surface area contributed by atoms with Crippen molar-refractivity contribution in [3.63, 3.8) is 0 Å². The summed E-state index contributed by atoms with van der Waals surface area (Å²) in [6.07, 6.45) is 1.80. The lowest BCUT2D eigenvalue weighted by molar-refractivity contribution is 0.309. The molecule has 0 aliphatic heterocycles. The predicted molar refractivity (Wildman–Crippen MR) is 102 cm³/mol. The molecule has 3 nitrogen and oxygen atoms in total. The number of rotatable bonds is 7. The normalized spacial score (nSPS) is 11.9. The Morgan fingerprint density at radius 1 is 0.880 bits per heavy atom. The molecule has 0 spiro atoms. The number of aromatic nitrogens is 1. The van der Waals surface area contributed by atoms with Crippen molar-refractivity contribution in [1.29, 1.82) is 0 Å². The number of para-hydroxylation sites is 1. The summed E-state index contributed by atoms with van der Waals surface area (Å²) >= 11 is 12.2. The van der Waals surface area contributed by atoms with E-state index in [1.54, 1.807) is 24.4 Å². The van der Waals surface area contributed by atoms with E-state index in [0.29, 0.717) is 28.9 Å². The van der Waals surface area contributed by atoms with Crippen LogP contribution >= 0.6 is 23.2 Å². The van der Waals surface area contributed by atoms with E-state index in [4.69, 9.17) is 27.9 Å². The van der Waals surface area contributed by atoms with E-state index < -0.39 is 0 Å². The molecule has 0 radical (unpaired) electrons. The second-order valence-electron chi connectivity index (χ2n) is 5.45. The van der Waals surface area contributed by atoms with E-state index in [9.17, 15) is 0 Å². The predicted octanol–water partition coefficient (Wildman–Crippen LogP) is 5.15. The van der Waals surface area contributed by atoms with Crippen LogP contribution in [-0.4, -0.2) is 18.1 Å². The molecule has 1 atom stereocenters. The fourth-order valence-electron chi connectivity index (χ4n) is 2.56. The average Bonchev–Trinajstić information content (AvgIpc) is 2.65. The van der Waals surface area contributed by atoms with Crippen molar-refractivity contribution >= 4 is 23.2 Å². The minimum Gasteiger partial charge on any atom is -0.489 e. The van der Waals surface area contributed by atoms with Crippen molar-refractivity contribution in [1.82, 2.24) is 10.3 Å². The third kappa shape index (κ3) is 4.73. The van der Waals surface area contributed by atoms with E-state index in [1.165, 1.54) is 0 Å². The van der Waals surface area contributed by atoms with Crippen molar-refractivity contribution in [2.45, 2.75) is 6.04 Å². The fourth-order valence-corrected chi connectivity index (χ4v) is 3.07. The Bertz CT molecular complexity index is 738. The van der Waals surface area contributed by atoms with Crippen molar-refractivity contribution < 1.29 is 4.74 Å². The number of hydrogen-bond acceptors (Lipinski definition) is 3. The average molecular weight is 373 g/mol. The summed E-state index contributed by atoms with van der Waals surface area (Å²) in [4.78, 5) is 4.48. The number of benzene rings is 2. The SMILES string of the molecule is Clc1cccc(Cl)c1OCCNC(c1ccccc1)c1ccccn1. The molecule has 1 heterocycles. The Hall–Kier alpha value is -2.07. The first-order valence-electron chi connectivity index (χ1n) is 8.02. The highest BCUT2D eigenvalue weighted by molar-refractivity contribution is 6.37. The second kappa shape index (κ2) is 8.86. The maximum absolute atomic E-state index is 6.12. The van der Waals surface area contributed by atoms with Crippen LogP contribution < -0.4 is 10.1 Å². The van der Waals surface area contributed by atoms with Gasteiger partial charge in [-0.3, -0.25) is 4.98 Å². The minimum absolute atomic E-state index is 0.00674. The summed E-state index contributed by atoms with van der Waals surface area (Å²) in [5.41, 5.74) is 2.11. The van der Waals surface area contributed by atoms with Crippen molar-refractivity contribution in [3.05, 3.63) is 94.2 Å². The van der Waals surface area contributed by atoms with Crippen LogP contribution in [0.3, 0.4) is 0 Å². The summed E-state index contributed by atoms with van der Waals surface area (Å²) in [7, 11) is 0. The zero-order valence-corrected chi connectivity index (χ0v) is 15.0. The van der Waals surface area contributed by atoms with Crippen molar-refractivity contribution in [2.75, 3.05) is 13.2 Å². The molecule has 0 aliphatic carbocycles. The number of ether oxygens (including phenoxy) is 1. The molecule has 1 aromatic heterocycles. The molecule has 3 aromatic rings. The number of hydrogen-bond donors (Lipinski definition) is 1. The number of nitrogens with one attached hydrogen (secondary N) is 1. The van der Waals surface area contributed by atoms with Crippen LogP contribution in [0.4, 0.5) is 0 Å². The topological polar surface area (TPSA) is 34.1 Å². The molecule has 0 bridgehead atoms. The van der Waals surface area contributed by atoms with Gasteiger partial charge in [-0.25, -0.2) is 0 Å². The van der Waals surface area contributed by atoms with Crippen LogP contribution in [-0.2, 0) is 0 Å². The molecular weight excluding hydrogens is 355 g/mol.